The molecule has 0 aromatic heterocycles. The van der Waals surface area contributed by atoms with Crippen LogP contribution < -0.4 is 14.2 Å². The summed E-state index contributed by atoms with van der Waals surface area (Å²) in [4.78, 5) is 11.3. The van der Waals surface area contributed by atoms with Gasteiger partial charge in [0.1, 0.15) is 5.75 Å². The first kappa shape index (κ1) is 17.1. The number of carbonyl (C=O) groups excluding carboxylic acids is 1. The second kappa shape index (κ2) is 8.42. The molecule has 0 unspecified atom stereocenters. The zero-order chi connectivity index (χ0) is 16.7. The van der Waals surface area contributed by atoms with Gasteiger partial charge in [0.15, 0.2) is 11.5 Å². The number of methoxy groups -OCH3 is 1. The molecule has 0 N–H and O–H groups in total. The highest BCUT2D eigenvalue weighted by atomic mass is 16.5. The van der Waals surface area contributed by atoms with Crippen LogP contribution in [-0.4, -0.2) is 19.7 Å². The lowest BCUT2D eigenvalue weighted by molar-refractivity contribution is -0.131. The third kappa shape index (κ3) is 4.38. The van der Waals surface area contributed by atoms with Gasteiger partial charge in [0, 0.05) is 23.8 Å². The Morgan fingerprint density at radius 2 is 1.78 bits per heavy atom. The van der Waals surface area contributed by atoms with Crippen LogP contribution in [0.5, 0.6) is 17.2 Å². The van der Waals surface area contributed by atoms with Crippen LogP contribution in [0.2, 0.25) is 0 Å². The van der Waals surface area contributed by atoms with E-state index in [2.05, 4.69) is 6.92 Å². The van der Waals surface area contributed by atoms with Gasteiger partial charge < -0.3 is 14.2 Å². The number of carbonyl (C=O) groups is 1. The highest BCUT2D eigenvalue weighted by molar-refractivity contribution is 5.96. The van der Waals surface area contributed by atoms with Crippen molar-refractivity contribution in [3.63, 3.8) is 0 Å². The fourth-order valence-corrected chi connectivity index (χ4v) is 2.53. The zero-order valence-corrected chi connectivity index (χ0v) is 14.1. The van der Waals surface area contributed by atoms with Gasteiger partial charge in [0.25, 0.3) is 0 Å². The van der Waals surface area contributed by atoms with Gasteiger partial charge in [-0.15, -0.1) is 0 Å². The predicted molar refractivity (Wildman–Crippen MR) is 91.4 cm³/mol. The van der Waals surface area contributed by atoms with Crippen molar-refractivity contribution in [3.05, 3.63) is 30.3 Å². The molecule has 0 bridgehead atoms. The highest BCUT2D eigenvalue weighted by Gasteiger charge is 2.15. The molecular weight excluding hydrogens is 292 g/mol. The second-order valence-corrected chi connectivity index (χ2v) is 5.45. The van der Waals surface area contributed by atoms with Crippen molar-refractivity contribution in [2.75, 3.05) is 13.7 Å². The maximum Gasteiger partial charge on any atom is 0.308 e. The van der Waals surface area contributed by atoms with Gasteiger partial charge in [-0.25, -0.2) is 0 Å². The predicted octanol–water partition coefficient (Wildman–Crippen LogP) is 4.73. The molecule has 2 aromatic rings. The third-order valence-corrected chi connectivity index (χ3v) is 3.64. The number of fused-ring (bicyclic) bond motifs is 1. The number of ether oxygens (including phenoxy) is 3. The molecule has 0 saturated heterocycles. The van der Waals surface area contributed by atoms with Gasteiger partial charge in [-0.2, -0.15) is 0 Å². The molecule has 0 radical (unpaired) electrons. The largest absolute Gasteiger partial charge is 0.493 e. The summed E-state index contributed by atoms with van der Waals surface area (Å²) in [5, 5.41) is 1.73. The molecule has 0 amide bonds. The van der Waals surface area contributed by atoms with Crippen molar-refractivity contribution >= 4 is 16.7 Å². The van der Waals surface area contributed by atoms with E-state index in [-0.39, 0.29) is 5.97 Å². The van der Waals surface area contributed by atoms with Crippen molar-refractivity contribution in [2.45, 2.75) is 39.5 Å². The van der Waals surface area contributed by atoms with E-state index in [1.165, 1.54) is 19.8 Å². The fraction of sp³-hybridized carbons (Fsp3) is 0.421. The maximum absolute atomic E-state index is 11.3. The lowest BCUT2D eigenvalue weighted by Crippen LogP contribution is -2.04. The minimum absolute atomic E-state index is 0.356. The van der Waals surface area contributed by atoms with Crippen molar-refractivity contribution in [3.8, 4) is 17.2 Å². The lowest BCUT2D eigenvalue weighted by atomic mass is 10.1. The zero-order valence-electron chi connectivity index (χ0n) is 14.1. The summed E-state index contributed by atoms with van der Waals surface area (Å²) in [7, 11) is 1.59. The topological polar surface area (TPSA) is 44.8 Å². The molecule has 4 heteroatoms. The number of benzene rings is 2. The summed E-state index contributed by atoms with van der Waals surface area (Å²) in [6.45, 7) is 4.22. The van der Waals surface area contributed by atoms with E-state index in [1.807, 2.05) is 24.3 Å². The molecule has 2 rings (SSSR count). The standard InChI is InChI=1S/C19H24O4/c1-4-5-6-9-12-22-19-16-11-8-7-10-15(16)17(23-14(2)20)13-18(19)21-3/h7-8,10-11,13H,4-6,9,12H2,1-3H3. The fourth-order valence-electron chi connectivity index (χ4n) is 2.53. The summed E-state index contributed by atoms with van der Waals surface area (Å²) < 4.78 is 16.7. The Hall–Kier alpha value is -2.23. The Morgan fingerprint density at radius 3 is 2.43 bits per heavy atom. The maximum atomic E-state index is 11.3. The van der Waals surface area contributed by atoms with Gasteiger partial charge in [-0.05, 0) is 6.42 Å². The quantitative estimate of drug-likeness (QED) is 0.401. The van der Waals surface area contributed by atoms with Crippen LogP contribution in [0, 0.1) is 0 Å². The monoisotopic (exact) mass is 316 g/mol. The first-order valence-corrected chi connectivity index (χ1v) is 8.08. The molecule has 0 fully saturated rings. The van der Waals surface area contributed by atoms with Crippen molar-refractivity contribution in [1.29, 1.82) is 0 Å². The molecule has 0 aliphatic heterocycles. The van der Waals surface area contributed by atoms with E-state index in [4.69, 9.17) is 14.2 Å². The Bertz CT molecular complexity index is 664. The smallest absolute Gasteiger partial charge is 0.308 e. The van der Waals surface area contributed by atoms with Gasteiger partial charge in [-0.1, -0.05) is 50.5 Å². The van der Waals surface area contributed by atoms with Gasteiger partial charge >= 0.3 is 5.97 Å². The van der Waals surface area contributed by atoms with Crippen molar-refractivity contribution < 1.29 is 19.0 Å². The number of rotatable bonds is 8. The summed E-state index contributed by atoms with van der Waals surface area (Å²) in [6.07, 6.45) is 4.58. The number of hydrogen-bond acceptors (Lipinski definition) is 4. The van der Waals surface area contributed by atoms with Gasteiger partial charge in [0.2, 0.25) is 0 Å². The molecule has 4 nitrogen and oxygen atoms in total. The van der Waals surface area contributed by atoms with Crippen molar-refractivity contribution in [2.24, 2.45) is 0 Å². The van der Waals surface area contributed by atoms with E-state index >= 15 is 0 Å². The molecular formula is C19H24O4. The Labute approximate surface area is 137 Å². The second-order valence-electron chi connectivity index (χ2n) is 5.45. The molecule has 0 atom stereocenters. The molecule has 0 spiro atoms. The average molecular weight is 316 g/mol. The molecule has 2 aromatic carbocycles. The summed E-state index contributed by atoms with van der Waals surface area (Å²) >= 11 is 0. The van der Waals surface area contributed by atoms with Crippen LogP contribution in [0.15, 0.2) is 30.3 Å². The summed E-state index contributed by atoms with van der Waals surface area (Å²) in [5.74, 6) is 1.42. The van der Waals surface area contributed by atoms with Crippen LogP contribution in [0.25, 0.3) is 10.8 Å². The average Bonchev–Trinajstić information content (AvgIpc) is 2.55. The SMILES string of the molecule is CCCCCCOc1c(OC)cc(OC(C)=O)c2ccccc12. The van der Waals surface area contributed by atoms with Crippen LogP contribution in [0.3, 0.4) is 0 Å². The number of esters is 1. The molecule has 0 saturated carbocycles. The van der Waals surface area contributed by atoms with E-state index in [1.54, 1.807) is 13.2 Å². The van der Waals surface area contributed by atoms with E-state index in [9.17, 15) is 4.79 Å². The Morgan fingerprint density at radius 1 is 1.04 bits per heavy atom. The highest BCUT2D eigenvalue weighted by Crippen LogP contribution is 2.41. The third-order valence-electron chi connectivity index (χ3n) is 3.64. The van der Waals surface area contributed by atoms with E-state index in [0.717, 1.165) is 23.6 Å². The normalized spacial score (nSPS) is 10.6. The number of unbranched alkanes of at least 4 members (excludes halogenated alkanes) is 3. The molecule has 0 aliphatic carbocycles. The molecule has 124 valence electrons. The minimum atomic E-state index is -0.356. The number of hydrogen-bond donors (Lipinski definition) is 0. The van der Waals surface area contributed by atoms with Gasteiger partial charge in [0.05, 0.1) is 13.7 Å². The Balaban J connectivity index is 2.33. The molecule has 23 heavy (non-hydrogen) atoms. The first-order chi connectivity index (χ1) is 11.2. The molecule has 0 aliphatic rings. The van der Waals surface area contributed by atoms with Crippen LogP contribution in [0.1, 0.15) is 39.5 Å². The Kier molecular flexibility index (Phi) is 6.27. The van der Waals surface area contributed by atoms with Crippen LogP contribution in [-0.2, 0) is 4.79 Å². The summed E-state index contributed by atoms with van der Waals surface area (Å²) in [5.41, 5.74) is 0. The van der Waals surface area contributed by atoms with Crippen molar-refractivity contribution in [1.82, 2.24) is 0 Å². The molecule has 0 heterocycles. The van der Waals surface area contributed by atoms with E-state index < -0.39 is 0 Å². The first-order valence-electron chi connectivity index (χ1n) is 8.08. The van der Waals surface area contributed by atoms with Gasteiger partial charge in [-0.3, -0.25) is 4.79 Å². The van der Waals surface area contributed by atoms with E-state index in [0.29, 0.717) is 23.9 Å². The summed E-state index contributed by atoms with van der Waals surface area (Å²) in [6, 6.07) is 9.42. The van der Waals surface area contributed by atoms with Crippen LogP contribution in [0.4, 0.5) is 0 Å². The minimum Gasteiger partial charge on any atom is -0.493 e. The lowest BCUT2D eigenvalue weighted by Gasteiger charge is -2.16. The van der Waals surface area contributed by atoms with Crippen LogP contribution >= 0.6 is 0 Å².